The van der Waals surface area contributed by atoms with Crippen molar-refractivity contribution >= 4 is 16.7 Å². The summed E-state index contributed by atoms with van der Waals surface area (Å²) in [5.74, 6) is 1.16. The number of fused-ring (bicyclic) bond motifs is 2. The highest BCUT2D eigenvalue weighted by Crippen LogP contribution is 2.31. The molecule has 0 saturated heterocycles. The van der Waals surface area contributed by atoms with Gasteiger partial charge in [-0.15, -0.1) is 0 Å². The van der Waals surface area contributed by atoms with Crippen LogP contribution < -0.4 is 11.1 Å². The van der Waals surface area contributed by atoms with Crippen molar-refractivity contribution < 1.29 is 4.74 Å². The highest BCUT2D eigenvalue weighted by Gasteiger charge is 2.26. The molecule has 30 heavy (non-hydrogen) atoms. The number of ether oxygens (including phenoxy) is 1. The molecule has 1 aliphatic heterocycles. The first kappa shape index (κ1) is 18.8. The van der Waals surface area contributed by atoms with Gasteiger partial charge in [-0.2, -0.15) is 4.98 Å². The quantitative estimate of drug-likeness (QED) is 0.536. The van der Waals surface area contributed by atoms with E-state index in [1.807, 2.05) is 18.2 Å². The third-order valence-corrected chi connectivity index (χ3v) is 5.71. The number of nitrogens with two attached hydrogens (primary N) is 1. The molecule has 1 unspecified atom stereocenters. The summed E-state index contributed by atoms with van der Waals surface area (Å²) in [7, 11) is 1.70. The van der Waals surface area contributed by atoms with Crippen LogP contribution in [0.25, 0.3) is 16.9 Å². The average Bonchev–Trinajstić information content (AvgIpc) is 3.12. The summed E-state index contributed by atoms with van der Waals surface area (Å²) in [6.45, 7) is 1.35. The van der Waals surface area contributed by atoms with Crippen molar-refractivity contribution in [3.05, 3.63) is 83.2 Å². The molecule has 4 aromatic rings. The lowest BCUT2D eigenvalue weighted by Crippen LogP contribution is -2.33. The van der Waals surface area contributed by atoms with Gasteiger partial charge in [-0.05, 0) is 24.1 Å². The summed E-state index contributed by atoms with van der Waals surface area (Å²) in [6.07, 6.45) is 1.70. The van der Waals surface area contributed by atoms with Crippen molar-refractivity contribution in [2.75, 3.05) is 19.4 Å². The van der Waals surface area contributed by atoms with E-state index in [1.165, 1.54) is 5.56 Å². The zero-order valence-corrected chi connectivity index (χ0v) is 17.0. The number of para-hydroxylation sites is 1. The molecule has 0 radical (unpaired) electrons. The molecule has 0 saturated carbocycles. The van der Waals surface area contributed by atoms with E-state index in [0.717, 1.165) is 47.2 Å². The maximum Gasteiger partial charge on any atom is 0.236 e. The summed E-state index contributed by atoms with van der Waals surface area (Å²) >= 11 is 0. The molecule has 6 nitrogen and oxygen atoms in total. The predicted molar refractivity (Wildman–Crippen MR) is 119 cm³/mol. The number of nitrogens with zero attached hydrogens (tertiary/aromatic N) is 3. The maximum absolute atomic E-state index is 6.52. The van der Waals surface area contributed by atoms with Crippen LogP contribution in [0.15, 0.2) is 60.7 Å². The van der Waals surface area contributed by atoms with Gasteiger partial charge in [-0.3, -0.25) is 4.57 Å². The van der Waals surface area contributed by atoms with Gasteiger partial charge in [-0.25, -0.2) is 4.98 Å². The zero-order valence-electron chi connectivity index (χ0n) is 17.0. The van der Waals surface area contributed by atoms with Gasteiger partial charge in [0.15, 0.2) is 0 Å². The number of anilines is 1. The second-order valence-electron chi connectivity index (χ2n) is 7.68. The van der Waals surface area contributed by atoms with E-state index in [2.05, 4.69) is 52.3 Å². The Bertz CT molecular complexity index is 1190. The normalized spacial score (nSPS) is 16.0. The SMILES string of the molecule is COCc1cc2ccccc2n1-c1nc(N)c2c(n1)CCNC2Cc1ccccc1. The standard InChI is InChI=1S/C24H25N5O/c1-30-15-18-14-17-9-5-6-10-21(17)29(18)24-27-19-11-12-26-20(22(19)23(25)28-24)13-16-7-3-2-4-8-16/h2-10,14,20,26H,11-13,15H2,1H3,(H2,25,27,28). The van der Waals surface area contributed by atoms with Gasteiger partial charge in [-0.1, -0.05) is 48.5 Å². The van der Waals surface area contributed by atoms with Crippen LogP contribution >= 0.6 is 0 Å². The van der Waals surface area contributed by atoms with E-state index < -0.39 is 0 Å². The first-order chi connectivity index (χ1) is 14.7. The summed E-state index contributed by atoms with van der Waals surface area (Å²) < 4.78 is 7.49. The molecule has 3 heterocycles. The molecule has 2 aromatic carbocycles. The number of methoxy groups -OCH3 is 1. The monoisotopic (exact) mass is 399 g/mol. The first-order valence-corrected chi connectivity index (χ1v) is 10.3. The molecule has 0 fully saturated rings. The Kier molecular flexibility index (Phi) is 4.94. The van der Waals surface area contributed by atoms with Crippen molar-refractivity contribution in [2.45, 2.75) is 25.5 Å². The molecule has 5 rings (SSSR count). The molecule has 1 aliphatic rings. The third-order valence-electron chi connectivity index (χ3n) is 5.71. The van der Waals surface area contributed by atoms with E-state index in [9.17, 15) is 0 Å². The molecule has 152 valence electrons. The molecule has 0 bridgehead atoms. The molecule has 0 spiro atoms. The highest BCUT2D eigenvalue weighted by atomic mass is 16.5. The van der Waals surface area contributed by atoms with Crippen molar-refractivity contribution in [2.24, 2.45) is 0 Å². The minimum atomic E-state index is 0.116. The third kappa shape index (κ3) is 3.34. The van der Waals surface area contributed by atoms with Crippen molar-refractivity contribution in [3.8, 4) is 5.95 Å². The van der Waals surface area contributed by atoms with Gasteiger partial charge in [0.2, 0.25) is 5.95 Å². The molecular weight excluding hydrogens is 374 g/mol. The fourth-order valence-electron chi connectivity index (χ4n) is 4.39. The van der Waals surface area contributed by atoms with Gasteiger partial charge >= 0.3 is 0 Å². The molecule has 2 aromatic heterocycles. The van der Waals surface area contributed by atoms with E-state index >= 15 is 0 Å². The van der Waals surface area contributed by atoms with E-state index in [1.54, 1.807) is 7.11 Å². The van der Waals surface area contributed by atoms with E-state index in [4.69, 9.17) is 20.4 Å². The van der Waals surface area contributed by atoms with E-state index in [-0.39, 0.29) is 6.04 Å². The minimum absolute atomic E-state index is 0.116. The smallest absolute Gasteiger partial charge is 0.236 e. The molecule has 0 aliphatic carbocycles. The minimum Gasteiger partial charge on any atom is -0.383 e. The number of rotatable bonds is 5. The Morgan fingerprint density at radius 3 is 2.73 bits per heavy atom. The second kappa shape index (κ2) is 7.89. The fourth-order valence-corrected chi connectivity index (χ4v) is 4.39. The largest absolute Gasteiger partial charge is 0.383 e. The average molecular weight is 399 g/mol. The van der Waals surface area contributed by atoms with Gasteiger partial charge in [0, 0.05) is 37.1 Å². The number of nitrogen functional groups attached to an aromatic ring is 1. The van der Waals surface area contributed by atoms with Crippen LogP contribution in [0.4, 0.5) is 5.82 Å². The fraction of sp³-hybridized carbons (Fsp3) is 0.250. The Hall–Kier alpha value is -3.22. The second-order valence-corrected chi connectivity index (χ2v) is 7.68. The van der Waals surface area contributed by atoms with Gasteiger partial charge in [0.05, 0.1) is 23.5 Å². The maximum atomic E-state index is 6.52. The van der Waals surface area contributed by atoms with Crippen molar-refractivity contribution in [1.29, 1.82) is 0 Å². The van der Waals surface area contributed by atoms with Crippen LogP contribution in [0, 0.1) is 0 Å². The van der Waals surface area contributed by atoms with Crippen LogP contribution in [0.1, 0.15) is 28.6 Å². The van der Waals surface area contributed by atoms with Gasteiger partial charge in [0.25, 0.3) is 0 Å². The number of hydrogen-bond donors (Lipinski definition) is 2. The number of nitrogens with one attached hydrogen (secondary N) is 1. The highest BCUT2D eigenvalue weighted by molar-refractivity contribution is 5.82. The van der Waals surface area contributed by atoms with Crippen LogP contribution in [-0.2, 0) is 24.2 Å². The number of hydrogen-bond acceptors (Lipinski definition) is 5. The Morgan fingerprint density at radius 2 is 1.90 bits per heavy atom. The molecule has 1 atom stereocenters. The van der Waals surface area contributed by atoms with Gasteiger partial charge < -0.3 is 15.8 Å². The lowest BCUT2D eigenvalue weighted by Gasteiger charge is -2.28. The molecule has 3 N–H and O–H groups in total. The Labute approximate surface area is 175 Å². The molecular formula is C24H25N5O. The Morgan fingerprint density at radius 1 is 1.10 bits per heavy atom. The number of aromatic nitrogens is 3. The van der Waals surface area contributed by atoms with Crippen LogP contribution in [0.5, 0.6) is 0 Å². The summed E-state index contributed by atoms with van der Waals surface area (Å²) in [6, 6.07) is 20.9. The summed E-state index contributed by atoms with van der Waals surface area (Å²) in [5.41, 5.74) is 11.9. The predicted octanol–water partition coefficient (Wildman–Crippen LogP) is 3.58. The van der Waals surface area contributed by atoms with Crippen molar-refractivity contribution in [1.82, 2.24) is 19.9 Å². The van der Waals surface area contributed by atoms with Crippen LogP contribution in [0.2, 0.25) is 0 Å². The van der Waals surface area contributed by atoms with Crippen LogP contribution in [-0.4, -0.2) is 28.2 Å². The zero-order chi connectivity index (χ0) is 20.5. The molecule has 6 heteroatoms. The van der Waals surface area contributed by atoms with Crippen molar-refractivity contribution in [3.63, 3.8) is 0 Å². The van der Waals surface area contributed by atoms with Gasteiger partial charge in [0.1, 0.15) is 5.82 Å². The lowest BCUT2D eigenvalue weighted by atomic mass is 9.94. The van der Waals surface area contributed by atoms with Crippen LogP contribution in [0.3, 0.4) is 0 Å². The van der Waals surface area contributed by atoms with E-state index in [0.29, 0.717) is 18.4 Å². The lowest BCUT2D eigenvalue weighted by molar-refractivity contribution is 0.180. The Balaban J connectivity index is 1.59. The summed E-state index contributed by atoms with van der Waals surface area (Å²) in [5, 5.41) is 4.73. The molecule has 0 amide bonds. The topological polar surface area (TPSA) is 78.0 Å². The first-order valence-electron chi connectivity index (χ1n) is 10.3. The number of benzene rings is 2. The summed E-state index contributed by atoms with van der Waals surface area (Å²) in [4.78, 5) is 9.73.